The fraction of sp³-hybridized carbons (Fsp3) is 0.552. The van der Waals surface area contributed by atoms with Crippen LogP contribution in [0.25, 0.3) is 0 Å². The second-order valence-electron chi connectivity index (χ2n) is 9.39. The molecular weight excluding hydrogens is 450 g/mol. The van der Waals surface area contributed by atoms with Gasteiger partial charge in [0.1, 0.15) is 17.2 Å². The van der Waals surface area contributed by atoms with Crippen molar-refractivity contribution in [2.75, 3.05) is 0 Å². The van der Waals surface area contributed by atoms with Crippen molar-refractivity contribution in [1.29, 1.82) is 0 Å². The maximum Gasteiger partial charge on any atom is 1.00 e. The van der Waals surface area contributed by atoms with Crippen LogP contribution in [0, 0.1) is 27.7 Å². The summed E-state index contributed by atoms with van der Waals surface area (Å²) in [4.78, 5) is 13.7. The molecule has 2 aromatic rings. The molecule has 190 valence electrons. The molecule has 4 unspecified atom stereocenters. The standard InChI is InChI=1S/C29H43O4P.Li.H/c1-11-19(6)31-24-15-25(32-20(7)12-2)28(26(16-24)33-21(8)13-3)34-29(30)27-18(5)14-17(4)22(9)23(27)10;;/h14-16,19-21,34H,11-13H2,1-10H3;;/q;+1;-1. The van der Waals surface area contributed by atoms with E-state index in [0.717, 1.165) is 41.3 Å². The first-order chi connectivity index (χ1) is 16.0. The maximum absolute atomic E-state index is 13.7. The Morgan fingerprint density at radius 1 is 0.771 bits per heavy atom. The van der Waals surface area contributed by atoms with Crippen LogP contribution in [0.15, 0.2) is 18.2 Å². The minimum Gasteiger partial charge on any atom is -1.00 e. The van der Waals surface area contributed by atoms with Gasteiger partial charge in [0.25, 0.3) is 0 Å². The third kappa shape index (κ3) is 8.28. The normalized spacial score (nSPS) is 13.8. The van der Waals surface area contributed by atoms with Gasteiger partial charge in [-0.15, -0.1) is 0 Å². The molecule has 2 aromatic carbocycles. The Balaban J connectivity index is 0.00000612. The van der Waals surface area contributed by atoms with Crippen molar-refractivity contribution in [3.63, 3.8) is 0 Å². The van der Waals surface area contributed by atoms with Crippen LogP contribution in [0.3, 0.4) is 0 Å². The van der Waals surface area contributed by atoms with E-state index in [4.69, 9.17) is 14.2 Å². The monoisotopic (exact) mass is 494 g/mol. The second kappa shape index (κ2) is 14.3. The average molecular weight is 495 g/mol. The number of rotatable bonds is 12. The Labute approximate surface area is 228 Å². The molecule has 0 N–H and O–H groups in total. The molecular formula is C29H44LiO4P. The molecule has 0 bridgehead atoms. The molecule has 0 aliphatic heterocycles. The third-order valence-corrected chi connectivity index (χ3v) is 7.80. The van der Waals surface area contributed by atoms with Gasteiger partial charge in [0.2, 0.25) is 0 Å². The molecule has 0 aromatic heterocycles. The van der Waals surface area contributed by atoms with Crippen LogP contribution in [0.2, 0.25) is 0 Å². The van der Waals surface area contributed by atoms with E-state index in [1.165, 1.54) is 11.1 Å². The summed E-state index contributed by atoms with van der Waals surface area (Å²) in [5.41, 5.74) is 5.37. The van der Waals surface area contributed by atoms with Gasteiger partial charge in [-0.25, -0.2) is 0 Å². The molecule has 35 heavy (non-hydrogen) atoms. The van der Waals surface area contributed by atoms with Crippen LogP contribution in [-0.2, 0) is 0 Å². The Kier molecular flexibility index (Phi) is 12.9. The van der Waals surface area contributed by atoms with E-state index in [2.05, 4.69) is 47.6 Å². The molecule has 0 amide bonds. The van der Waals surface area contributed by atoms with Crippen LogP contribution < -0.4 is 38.4 Å². The topological polar surface area (TPSA) is 44.8 Å². The third-order valence-electron chi connectivity index (χ3n) is 6.58. The van der Waals surface area contributed by atoms with E-state index < -0.39 is 0 Å². The van der Waals surface area contributed by atoms with E-state index in [0.29, 0.717) is 17.2 Å². The Bertz CT molecular complexity index is 978. The molecule has 0 radical (unpaired) electrons. The van der Waals surface area contributed by atoms with Crippen molar-refractivity contribution in [3.05, 3.63) is 46.0 Å². The molecule has 0 aliphatic carbocycles. The number of carbonyl (C=O) groups excluding carboxylic acids is 1. The van der Waals surface area contributed by atoms with Crippen LogP contribution in [0.5, 0.6) is 17.2 Å². The predicted octanol–water partition coefficient (Wildman–Crippen LogP) is 4.71. The Morgan fingerprint density at radius 2 is 1.23 bits per heavy atom. The van der Waals surface area contributed by atoms with E-state index in [-0.39, 0.29) is 52.7 Å². The molecule has 4 nitrogen and oxygen atoms in total. The van der Waals surface area contributed by atoms with Crippen molar-refractivity contribution in [2.45, 2.75) is 107 Å². The second-order valence-corrected chi connectivity index (χ2v) is 10.6. The van der Waals surface area contributed by atoms with Crippen LogP contribution in [-0.4, -0.2) is 23.8 Å². The Morgan fingerprint density at radius 3 is 1.69 bits per heavy atom. The van der Waals surface area contributed by atoms with Gasteiger partial charge in [-0.2, -0.15) is 0 Å². The average Bonchev–Trinajstić information content (AvgIpc) is 2.79. The van der Waals surface area contributed by atoms with Crippen molar-refractivity contribution in [1.82, 2.24) is 0 Å². The number of hydrogen-bond acceptors (Lipinski definition) is 4. The summed E-state index contributed by atoms with van der Waals surface area (Å²) >= 11 is 0. The quantitative estimate of drug-likeness (QED) is 0.317. The van der Waals surface area contributed by atoms with Gasteiger partial charge >= 0.3 is 18.9 Å². The van der Waals surface area contributed by atoms with Crippen LogP contribution >= 0.6 is 8.58 Å². The summed E-state index contributed by atoms with van der Waals surface area (Å²) in [6.45, 7) is 20.7. The van der Waals surface area contributed by atoms with Gasteiger partial charge in [-0.1, -0.05) is 26.8 Å². The first kappa shape index (κ1) is 31.6. The van der Waals surface area contributed by atoms with Crippen LogP contribution in [0.4, 0.5) is 0 Å². The van der Waals surface area contributed by atoms with Gasteiger partial charge in [0.05, 0.1) is 23.6 Å². The number of carbonyl (C=O) groups is 1. The van der Waals surface area contributed by atoms with Crippen LogP contribution in [0.1, 0.15) is 94.8 Å². The van der Waals surface area contributed by atoms with Crippen molar-refractivity contribution < 1.29 is 39.3 Å². The largest absolute Gasteiger partial charge is 1.00 e. The summed E-state index contributed by atoms with van der Waals surface area (Å²) in [5, 5.41) is 0.819. The van der Waals surface area contributed by atoms with E-state index in [1.807, 2.05) is 39.8 Å². The van der Waals surface area contributed by atoms with Gasteiger partial charge in [-0.05, 0) is 98.6 Å². The summed E-state index contributed by atoms with van der Waals surface area (Å²) in [6, 6.07) is 5.96. The molecule has 6 heteroatoms. The Hall–Kier alpha value is -1.46. The van der Waals surface area contributed by atoms with Crippen molar-refractivity contribution >= 4 is 19.4 Å². The molecule has 0 heterocycles. The zero-order valence-electron chi connectivity index (χ0n) is 24.7. The van der Waals surface area contributed by atoms with Gasteiger partial charge in [0, 0.05) is 17.7 Å². The van der Waals surface area contributed by atoms with Crippen molar-refractivity contribution in [2.24, 2.45) is 0 Å². The fourth-order valence-corrected chi connectivity index (χ4v) is 4.91. The first-order valence-corrected chi connectivity index (χ1v) is 13.6. The smallest absolute Gasteiger partial charge is 1.00 e. The number of hydrogen-bond donors (Lipinski definition) is 0. The molecule has 0 saturated carbocycles. The van der Waals surface area contributed by atoms with E-state index in [1.54, 1.807) is 0 Å². The summed E-state index contributed by atoms with van der Waals surface area (Å²) in [5.74, 6) is 2.07. The number of ether oxygens (including phenoxy) is 3. The molecule has 0 saturated heterocycles. The molecule has 0 fully saturated rings. The summed E-state index contributed by atoms with van der Waals surface area (Å²) < 4.78 is 18.8. The summed E-state index contributed by atoms with van der Waals surface area (Å²) in [6.07, 6.45) is 2.73. The van der Waals surface area contributed by atoms with Gasteiger partial charge < -0.3 is 15.6 Å². The van der Waals surface area contributed by atoms with Crippen molar-refractivity contribution in [3.8, 4) is 17.2 Å². The molecule has 0 aliphatic rings. The fourth-order valence-electron chi connectivity index (χ4n) is 3.67. The zero-order chi connectivity index (χ0) is 25.6. The van der Waals surface area contributed by atoms with E-state index in [9.17, 15) is 4.79 Å². The molecule has 4 atom stereocenters. The van der Waals surface area contributed by atoms with E-state index >= 15 is 0 Å². The van der Waals surface area contributed by atoms with Gasteiger partial charge in [0.15, 0.2) is 5.52 Å². The summed E-state index contributed by atoms with van der Waals surface area (Å²) in [7, 11) is -0.111. The SMILES string of the molecule is CCC(C)Oc1cc(OC(C)CC)c(PC(=O)c2c(C)cc(C)c(C)c2C)c(OC(C)CC)c1.[H-].[Li+]. The minimum atomic E-state index is -0.111. The molecule has 2 rings (SSSR count). The maximum atomic E-state index is 13.7. The number of aryl methyl sites for hydroxylation is 2. The number of benzene rings is 2. The molecule has 0 spiro atoms. The predicted molar refractivity (Wildman–Crippen MR) is 146 cm³/mol. The minimum absolute atomic E-state index is 0. The van der Waals surface area contributed by atoms with Gasteiger partial charge in [-0.3, -0.25) is 4.79 Å². The first-order valence-electron chi connectivity index (χ1n) is 12.6. The zero-order valence-corrected chi connectivity index (χ0v) is 24.7.